The number of anilines is 1. The van der Waals surface area contributed by atoms with Gasteiger partial charge < -0.3 is 19.4 Å². The number of hydrogen-bond donors (Lipinski definition) is 0. The Hall–Kier alpha value is -2.97. The van der Waals surface area contributed by atoms with Gasteiger partial charge in [0.2, 0.25) is 11.9 Å². The van der Waals surface area contributed by atoms with Crippen molar-refractivity contribution in [2.75, 3.05) is 44.2 Å². The van der Waals surface area contributed by atoms with Crippen LogP contribution in [0, 0.1) is 0 Å². The standard InChI is InChI=1S/C20H25N5O4/c1-14-16(20(29-18(14)28)4-8-23(9-5-20)15(2)26)17(27)24-10-12-25(13-11-24)19-21-6-3-7-22-19/h3,6-7H,4-5,8-13H2,1-2H3. The summed E-state index contributed by atoms with van der Waals surface area (Å²) in [6.07, 6.45) is 4.31. The van der Waals surface area contributed by atoms with Gasteiger partial charge in [-0.3, -0.25) is 9.59 Å². The number of likely N-dealkylation sites (tertiary alicyclic amines) is 1. The number of ether oxygens (including phenoxy) is 1. The number of aromatic nitrogens is 2. The normalized spacial score (nSPS) is 21.6. The molecular weight excluding hydrogens is 374 g/mol. The van der Waals surface area contributed by atoms with Crippen LogP contribution in [0.15, 0.2) is 29.6 Å². The molecule has 3 aliphatic heterocycles. The lowest BCUT2D eigenvalue weighted by Gasteiger charge is -2.41. The summed E-state index contributed by atoms with van der Waals surface area (Å²) in [6.45, 7) is 6.45. The van der Waals surface area contributed by atoms with Gasteiger partial charge in [-0.25, -0.2) is 14.8 Å². The van der Waals surface area contributed by atoms with E-state index in [2.05, 4.69) is 9.97 Å². The lowest BCUT2D eigenvalue weighted by atomic mass is 9.82. The minimum Gasteiger partial charge on any atom is -0.450 e. The van der Waals surface area contributed by atoms with Crippen molar-refractivity contribution in [3.8, 4) is 0 Å². The molecule has 4 heterocycles. The van der Waals surface area contributed by atoms with Crippen LogP contribution in [0.5, 0.6) is 0 Å². The lowest BCUT2D eigenvalue weighted by Crippen LogP contribution is -2.54. The van der Waals surface area contributed by atoms with Crippen LogP contribution in [-0.4, -0.2) is 82.4 Å². The number of amides is 2. The first-order chi connectivity index (χ1) is 13.9. The van der Waals surface area contributed by atoms with Crippen LogP contribution in [0.2, 0.25) is 0 Å². The predicted octanol–water partition coefficient (Wildman–Crippen LogP) is 0.380. The van der Waals surface area contributed by atoms with Gasteiger partial charge in [0, 0.05) is 77.0 Å². The average molecular weight is 399 g/mol. The Kier molecular flexibility index (Phi) is 4.97. The van der Waals surface area contributed by atoms with E-state index >= 15 is 0 Å². The van der Waals surface area contributed by atoms with Gasteiger partial charge in [0.15, 0.2) is 0 Å². The zero-order chi connectivity index (χ0) is 20.6. The molecule has 9 nitrogen and oxygen atoms in total. The fourth-order valence-electron chi connectivity index (χ4n) is 4.36. The number of esters is 1. The quantitative estimate of drug-likeness (QED) is 0.664. The zero-order valence-electron chi connectivity index (χ0n) is 16.8. The Labute approximate surface area is 169 Å². The highest BCUT2D eigenvalue weighted by Crippen LogP contribution is 2.42. The van der Waals surface area contributed by atoms with E-state index in [0.717, 1.165) is 0 Å². The summed E-state index contributed by atoms with van der Waals surface area (Å²) in [5.41, 5.74) is -0.0561. The van der Waals surface area contributed by atoms with Crippen LogP contribution in [0.1, 0.15) is 26.7 Å². The highest BCUT2D eigenvalue weighted by atomic mass is 16.6. The number of piperazine rings is 1. The molecule has 2 amide bonds. The van der Waals surface area contributed by atoms with Crippen molar-refractivity contribution in [2.24, 2.45) is 0 Å². The second kappa shape index (κ2) is 7.46. The minimum atomic E-state index is -0.913. The topological polar surface area (TPSA) is 95.9 Å². The van der Waals surface area contributed by atoms with Crippen molar-refractivity contribution in [2.45, 2.75) is 32.3 Å². The van der Waals surface area contributed by atoms with Crippen LogP contribution in [0.3, 0.4) is 0 Å². The molecule has 4 rings (SSSR count). The largest absolute Gasteiger partial charge is 0.450 e. The number of carbonyl (C=O) groups is 3. The molecule has 3 aliphatic rings. The number of hydrogen-bond acceptors (Lipinski definition) is 7. The number of piperidine rings is 1. The molecule has 2 saturated heterocycles. The van der Waals surface area contributed by atoms with Gasteiger partial charge in [-0.15, -0.1) is 0 Å². The molecule has 0 radical (unpaired) electrons. The monoisotopic (exact) mass is 399 g/mol. The van der Waals surface area contributed by atoms with Crippen LogP contribution in [0.25, 0.3) is 0 Å². The molecule has 0 bridgehead atoms. The van der Waals surface area contributed by atoms with Crippen LogP contribution < -0.4 is 4.90 Å². The first-order valence-corrected chi connectivity index (χ1v) is 9.93. The van der Waals surface area contributed by atoms with E-state index in [0.29, 0.717) is 69.2 Å². The van der Waals surface area contributed by atoms with Gasteiger partial charge >= 0.3 is 5.97 Å². The summed E-state index contributed by atoms with van der Waals surface area (Å²) < 4.78 is 5.72. The Bertz CT molecular complexity index is 853. The van der Waals surface area contributed by atoms with E-state index in [1.807, 2.05) is 4.90 Å². The summed E-state index contributed by atoms with van der Waals surface area (Å²) in [5, 5.41) is 0. The van der Waals surface area contributed by atoms with Crippen LogP contribution >= 0.6 is 0 Å². The smallest absolute Gasteiger partial charge is 0.335 e. The Balaban J connectivity index is 1.48. The maximum atomic E-state index is 13.4. The van der Waals surface area contributed by atoms with E-state index in [1.54, 1.807) is 35.2 Å². The summed E-state index contributed by atoms with van der Waals surface area (Å²) in [5.74, 6) is 0.0821. The molecule has 1 aromatic rings. The summed E-state index contributed by atoms with van der Waals surface area (Å²) in [7, 11) is 0. The third-order valence-corrected chi connectivity index (χ3v) is 6.06. The second-order valence-electron chi connectivity index (χ2n) is 7.72. The molecule has 0 N–H and O–H groups in total. The number of carbonyl (C=O) groups excluding carboxylic acids is 3. The van der Waals surface area contributed by atoms with Crippen molar-refractivity contribution in [1.82, 2.24) is 19.8 Å². The van der Waals surface area contributed by atoms with Gasteiger partial charge in [0.25, 0.3) is 5.91 Å². The summed E-state index contributed by atoms with van der Waals surface area (Å²) in [6, 6.07) is 1.77. The van der Waals surface area contributed by atoms with Gasteiger partial charge in [-0.05, 0) is 13.0 Å². The van der Waals surface area contributed by atoms with E-state index in [4.69, 9.17) is 4.74 Å². The van der Waals surface area contributed by atoms with Crippen molar-refractivity contribution in [3.63, 3.8) is 0 Å². The first kappa shape index (κ1) is 19.4. The third-order valence-electron chi connectivity index (χ3n) is 6.06. The van der Waals surface area contributed by atoms with Crippen molar-refractivity contribution >= 4 is 23.7 Å². The van der Waals surface area contributed by atoms with Gasteiger partial charge in [-0.2, -0.15) is 0 Å². The molecule has 29 heavy (non-hydrogen) atoms. The van der Waals surface area contributed by atoms with Gasteiger partial charge in [-0.1, -0.05) is 0 Å². The predicted molar refractivity (Wildman–Crippen MR) is 104 cm³/mol. The minimum absolute atomic E-state index is 0.00277. The molecule has 0 atom stereocenters. The molecule has 2 fully saturated rings. The fourth-order valence-corrected chi connectivity index (χ4v) is 4.36. The average Bonchev–Trinajstić information content (AvgIpc) is 2.98. The fraction of sp³-hybridized carbons (Fsp3) is 0.550. The molecule has 0 aliphatic carbocycles. The van der Waals surface area contributed by atoms with Crippen molar-refractivity contribution < 1.29 is 19.1 Å². The highest BCUT2D eigenvalue weighted by Gasteiger charge is 2.52. The molecule has 1 aromatic heterocycles. The lowest BCUT2D eigenvalue weighted by molar-refractivity contribution is -0.152. The van der Waals surface area contributed by atoms with Crippen molar-refractivity contribution in [3.05, 3.63) is 29.6 Å². The SMILES string of the molecule is CC(=O)N1CCC2(CC1)OC(=O)C(C)=C2C(=O)N1CCN(c2ncccn2)CC1. The zero-order valence-corrected chi connectivity index (χ0v) is 16.8. The maximum Gasteiger partial charge on any atom is 0.335 e. The number of nitrogens with zero attached hydrogens (tertiary/aromatic N) is 5. The Morgan fingerprint density at radius 2 is 1.62 bits per heavy atom. The van der Waals surface area contributed by atoms with Crippen LogP contribution in [-0.2, 0) is 19.1 Å². The van der Waals surface area contributed by atoms with E-state index in [9.17, 15) is 14.4 Å². The molecular formula is C20H25N5O4. The van der Waals surface area contributed by atoms with Gasteiger partial charge in [0.1, 0.15) is 5.60 Å². The summed E-state index contributed by atoms with van der Waals surface area (Å²) >= 11 is 0. The van der Waals surface area contributed by atoms with Gasteiger partial charge in [0.05, 0.1) is 5.57 Å². The molecule has 9 heteroatoms. The molecule has 1 spiro atoms. The second-order valence-corrected chi connectivity index (χ2v) is 7.72. The van der Waals surface area contributed by atoms with Crippen molar-refractivity contribution in [1.29, 1.82) is 0 Å². The molecule has 154 valence electrons. The van der Waals surface area contributed by atoms with E-state index in [1.165, 1.54) is 6.92 Å². The molecule has 0 unspecified atom stereocenters. The maximum absolute atomic E-state index is 13.4. The molecule has 0 saturated carbocycles. The van der Waals surface area contributed by atoms with E-state index < -0.39 is 11.6 Å². The molecule has 0 aromatic carbocycles. The Morgan fingerprint density at radius 3 is 2.21 bits per heavy atom. The van der Waals surface area contributed by atoms with E-state index in [-0.39, 0.29) is 11.8 Å². The third kappa shape index (κ3) is 3.45. The van der Waals surface area contributed by atoms with Crippen LogP contribution in [0.4, 0.5) is 5.95 Å². The Morgan fingerprint density at radius 1 is 1.00 bits per heavy atom. The summed E-state index contributed by atoms with van der Waals surface area (Å²) in [4.78, 5) is 51.5. The number of rotatable bonds is 2. The highest BCUT2D eigenvalue weighted by molar-refractivity contribution is 6.07. The first-order valence-electron chi connectivity index (χ1n) is 9.93.